The zero-order valence-electron chi connectivity index (χ0n) is 12.0. The van der Waals surface area contributed by atoms with Gasteiger partial charge < -0.3 is 19.7 Å². The molecule has 1 aromatic carbocycles. The van der Waals surface area contributed by atoms with Crippen LogP contribution in [0.1, 0.15) is 35.7 Å². The maximum Gasteiger partial charge on any atom is 0.339 e. The number of aliphatic hydroxyl groups excluding tert-OH is 1. The first-order valence-corrected chi connectivity index (χ1v) is 6.77. The van der Waals surface area contributed by atoms with Gasteiger partial charge in [-0.15, -0.1) is 0 Å². The highest BCUT2D eigenvalue weighted by Gasteiger charge is 2.13. The molecule has 0 spiro atoms. The Labute approximate surface area is 119 Å². The van der Waals surface area contributed by atoms with Gasteiger partial charge in [-0.05, 0) is 25.5 Å². The van der Waals surface area contributed by atoms with Crippen molar-refractivity contribution in [2.75, 3.05) is 19.8 Å². The molecule has 5 nitrogen and oxygen atoms in total. The molecule has 1 unspecified atom stereocenters. The highest BCUT2D eigenvalue weighted by Crippen LogP contribution is 2.20. The number of hydrogen-bond acceptors (Lipinski definition) is 4. The molecule has 0 saturated carbocycles. The van der Waals surface area contributed by atoms with Gasteiger partial charge in [0.1, 0.15) is 24.0 Å². The van der Waals surface area contributed by atoms with Gasteiger partial charge in [0.05, 0.1) is 6.61 Å². The molecule has 0 aliphatic carbocycles. The number of aromatic carboxylic acids is 1. The van der Waals surface area contributed by atoms with Gasteiger partial charge >= 0.3 is 5.97 Å². The minimum Gasteiger partial charge on any atom is -0.490 e. The predicted molar refractivity (Wildman–Crippen MR) is 75.4 cm³/mol. The average Bonchev–Trinajstić information content (AvgIpc) is 2.42. The molecular weight excluding hydrogens is 260 g/mol. The molecule has 20 heavy (non-hydrogen) atoms. The zero-order chi connectivity index (χ0) is 15.0. The number of carboxylic acids is 1. The van der Waals surface area contributed by atoms with Gasteiger partial charge in [0.25, 0.3) is 0 Å². The topological polar surface area (TPSA) is 76.0 Å². The normalized spacial score (nSPS) is 12.2. The monoisotopic (exact) mass is 282 g/mol. The Hall–Kier alpha value is -1.59. The molecule has 1 rings (SSSR count). The van der Waals surface area contributed by atoms with E-state index in [0.29, 0.717) is 6.61 Å². The van der Waals surface area contributed by atoms with E-state index in [0.717, 1.165) is 18.4 Å². The van der Waals surface area contributed by atoms with Crippen molar-refractivity contribution >= 4 is 5.97 Å². The summed E-state index contributed by atoms with van der Waals surface area (Å²) in [4.78, 5) is 11.1. The summed E-state index contributed by atoms with van der Waals surface area (Å²) in [5, 5.41) is 18.8. The molecule has 0 radical (unpaired) electrons. The number of ether oxygens (including phenoxy) is 2. The quantitative estimate of drug-likeness (QED) is 0.679. The van der Waals surface area contributed by atoms with E-state index in [4.69, 9.17) is 14.6 Å². The summed E-state index contributed by atoms with van der Waals surface area (Å²) in [5.41, 5.74) is 0.947. The van der Waals surface area contributed by atoms with Crippen molar-refractivity contribution in [2.45, 2.75) is 32.8 Å². The van der Waals surface area contributed by atoms with E-state index in [1.54, 1.807) is 18.2 Å². The van der Waals surface area contributed by atoms with Crippen LogP contribution in [-0.4, -0.2) is 42.1 Å². The highest BCUT2D eigenvalue weighted by molar-refractivity contribution is 5.91. The molecule has 0 bridgehead atoms. The van der Waals surface area contributed by atoms with Gasteiger partial charge in [-0.25, -0.2) is 4.79 Å². The van der Waals surface area contributed by atoms with Crippen LogP contribution < -0.4 is 4.74 Å². The van der Waals surface area contributed by atoms with Gasteiger partial charge in [-0.2, -0.15) is 0 Å². The van der Waals surface area contributed by atoms with Crippen LogP contribution in [0.4, 0.5) is 0 Å². The van der Waals surface area contributed by atoms with Gasteiger partial charge in [0.15, 0.2) is 0 Å². The zero-order valence-corrected chi connectivity index (χ0v) is 12.0. The third-order valence-corrected chi connectivity index (χ3v) is 2.75. The summed E-state index contributed by atoms with van der Waals surface area (Å²) >= 11 is 0. The van der Waals surface area contributed by atoms with Crippen molar-refractivity contribution in [3.8, 4) is 5.75 Å². The molecule has 0 aromatic heterocycles. The Morgan fingerprint density at radius 3 is 2.75 bits per heavy atom. The summed E-state index contributed by atoms with van der Waals surface area (Å²) in [6.45, 7) is 4.68. The maximum atomic E-state index is 11.1. The van der Waals surface area contributed by atoms with Crippen LogP contribution >= 0.6 is 0 Å². The maximum absolute atomic E-state index is 11.1. The molecule has 2 N–H and O–H groups in total. The third kappa shape index (κ3) is 5.59. The first-order chi connectivity index (χ1) is 9.54. The summed E-state index contributed by atoms with van der Waals surface area (Å²) < 4.78 is 10.6. The summed E-state index contributed by atoms with van der Waals surface area (Å²) in [6, 6.07) is 4.91. The second kappa shape index (κ2) is 8.55. The number of rotatable bonds is 9. The molecule has 5 heteroatoms. The van der Waals surface area contributed by atoms with Crippen molar-refractivity contribution in [1.29, 1.82) is 0 Å². The Kier molecular flexibility index (Phi) is 7.04. The summed E-state index contributed by atoms with van der Waals surface area (Å²) in [5.74, 6) is -0.784. The standard InChI is InChI=1S/C15H22O5/c1-3-4-7-19-9-12(16)10-20-14-6-5-11(2)8-13(14)15(17)18/h5-6,8,12,16H,3-4,7,9-10H2,1-2H3,(H,17,18). The van der Waals surface area contributed by atoms with Gasteiger partial charge in [-0.3, -0.25) is 0 Å². The van der Waals surface area contributed by atoms with E-state index >= 15 is 0 Å². The summed E-state index contributed by atoms with van der Waals surface area (Å²) in [6.07, 6.45) is 1.22. The van der Waals surface area contributed by atoms with E-state index in [2.05, 4.69) is 6.92 Å². The lowest BCUT2D eigenvalue weighted by molar-refractivity contribution is 0.0110. The Morgan fingerprint density at radius 1 is 1.35 bits per heavy atom. The predicted octanol–water partition coefficient (Wildman–Crippen LogP) is 2.25. The largest absolute Gasteiger partial charge is 0.490 e. The molecule has 0 aliphatic rings. The van der Waals surface area contributed by atoms with Crippen molar-refractivity contribution in [3.05, 3.63) is 29.3 Å². The van der Waals surface area contributed by atoms with Crippen molar-refractivity contribution < 1.29 is 24.5 Å². The van der Waals surface area contributed by atoms with Gasteiger partial charge in [0.2, 0.25) is 0 Å². The number of benzene rings is 1. The first kappa shape index (κ1) is 16.5. The Morgan fingerprint density at radius 2 is 2.10 bits per heavy atom. The lowest BCUT2D eigenvalue weighted by Crippen LogP contribution is -2.24. The fourth-order valence-electron chi connectivity index (χ4n) is 1.64. The second-order valence-corrected chi connectivity index (χ2v) is 4.70. The molecule has 1 atom stereocenters. The number of aliphatic hydroxyl groups is 1. The van der Waals surface area contributed by atoms with E-state index < -0.39 is 12.1 Å². The molecule has 0 heterocycles. The number of carboxylic acid groups (broad SMARTS) is 1. The molecular formula is C15H22O5. The van der Waals surface area contributed by atoms with E-state index in [1.807, 2.05) is 6.92 Å². The lowest BCUT2D eigenvalue weighted by atomic mass is 10.1. The van der Waals surface area contributed by atoms with Crippen LogP contribution in [0.3, 0.4) is 0 Å². The van der Waals surface area contributed by atoms with Crippen LogP contribution in [-0.2, 0) is 4.74 Å². The molecule has 112 valence electrons. The smallest absolute Gasteiger partial charge is 0.339 e. The van der Waals surface area contributed by atoms with Crippen molar-refractivity contribution in [1.82, 2.24) is 0 Å². The molecule has 0 amide bonds. The molecule has 0 aliphatic heterocycles. The number of hydrogen-bond donors (Lipinski definition) is 2. The first-order valence-electron chi connectivity index (χ1n) is 6.77. The Balaban J connectivity index is 2.46. The SMILES string of the molecule is CCCCOCC(O)COc1ccc(C)cc1C(=O)O. The van der Waals surface area contributed by atoms with Gasteiger partial charge in [-0.1, -0.05) is 25.0 Å². The fourth-order valence-corrected chi connectivity index (χ4v) is 1.64. The van der Waals surface area contributed by atoms with Crippen LogP contribution in [0.25, 0.3) is 0 Å². The highest BCUT2D eigenvalue weighted by atomic mass is 16.5. The van der Waals surface area contributed by atoms with E-state index in [-0.39, 0.29) is 24.5 Å². The lowest BCUT2D eigenvalue weighted by Gasteiger charge is -2.14. The van der Waals surface area contributed by atoms with Crippen LogP contribution in [0.5, 0.6) is 5.75 Å². The van der Waals surface area contributed by atoms with Crippen LogP contribution in [0, 0.1) is 6.92 Å². The fraction of sp³-hybridized carbons (Fsp3) is 0.533. The average molecular weight is 282 g/mol. The molecule has 0 fully saturated rings. The van der Waals surface area contributed by atoms with E-state index in [9.17, 15) is 9.90 Å². The third-order valence-electron chi connectivity index (χ3n) is 2.75. The minimum atomic E-state index is -1.04. The number of aryl methyl sites for hydroxylation is 1. The number of unbranched alkanes of at least 4 members (excludes halogenated alkanes) is 1. The molecule has 1 aromatic rings. The minimum absolute atomic E-state index is 0.00939. The van der Waals surface area contributed by atoms with Crippen LogP contribution in [0.2, 0.25) is 0 Å². The van der Waals surface area contributed by atoms with Crippen molar-refractivity contribution in [2.24, 2.45) is 0 Å². The van der Waals surface area contributed by atoms with Gasteiger partial charge in [0, 0.05) is 6.61 Å². The molecule has 0 saturated heterocycles. The van der Waals surface area contributed by atoms with Crippen molar-refractivity contribution in [3.63, 3.8) is 0 Å². The Bertz CT molecular complexity index is 430. The second-order valence-electron chi connectivity index (χ2n) is 4.70. The summed E-state index contributed by atoms with van der Waals surface area (Å²) in [7, 11) is 0. The number of carbonyl (C=O) groups is 1. The van der Waals surface area contributed by atoms with E-state index in [1.165, 1.54) is 0 Å². The van der Waals surface area contributed by atoms with Crippen LogP contribution in [0.15, 0.2) is 18.2 Å².